The number of anilines is 1. The molecule has 6 heteroatoms. The first kappa shape index (κ1) is 13.4. The molecule has 2 aromatic rings. The van der Waals surface area contributed by atoms with E-state index in [0.717, 1.165) is 6.07 Å². The number of carbonyl (C=O) groups is 1. The van der Waals surface area contributed by atoms with E-state index < -0.39 is 11.7 Å². The van der Waals surface area contributed by atoms with E-state index in [1.807, 2.05) is 0 Å². The molecular formula is C13H11ClFN3O. The molecule has 0 aliphatic rings. The minimum Gasteiger partial charge on any atom is -0.290 e. The zero-order valence-electron chi connectivity index (χ0n) is 10.4. The molecule has 1 aromatic heterocycles. The lowest BCUT2D eigenvalue weighted by molar-refractivity contribution is 0.102. The molecule has 0 radical (unpaired) electrons. The number of rotatable bonds is 2. The lowest BCUT2D eigenvalue weighted by Gasteiger charge is -2.06. The van der Waals surface area contributed by atoms with Gasteiger partial charge in [0.1, 0.15) is 11.0 Å². The average molecular weight is 280 g/mol. The molecule has 1 heterocycles. The topological polar surface area (TPSA) is 54.9 Å². The number of halogens is 2. The Labute approximate surface area is 114 Å². The molecule has 0 fully saturated rings. The van der Waals surface area contributed by atoms with Crippen LogP contribution in [0, 0.1) is 19.7 Å². The van der Waals surface area contributed by atoms with Gasteiger partial charge in [-0.1, -0.05) is 11.6 Å². The van der Waals surface area contributed by atoms with Crippen molar-refractivity contribution in [3.63, 3.8) is 0 Å². The van der Waals surface area contributed by atoms with Crippen LogP contribution in [0.1, 0.15) is 21.6 Å². The zero-order chi connectivity index (χ0) is 14.0. The van der Waals surface area contributed by atoms with Gasteiger partial charge < -0.3 is 0 Å². The van der Waals surface area contributed by atoms with Crippen molar-refractivity contribution in [2.24, 2.45) is 0 Å². The Bertz CT molecular complexity index is 605. The Hall–Kier alpha value is -2.01. The van der Waals surface area contributed by atoms with Gasteiger partial charge in [-0.2, -0.15) is 0 Å². The molecule has 1 amide bonds. The van der Waals surface area contributed by atoms with Gasteiger partial charge in [0.25, 0.3) is 5.91 Å². The molecule has 0 saturated carbocycles. The molecule has 0 unspecified atom stereocenters. The van der Waals surface area contributed by atoms with Gasteiger partial charge in [-0.05, 0) is 43.7 Å². The van der Waals surface area contributed by atoms with Gasteiger partial charge in [-0.25, -0.2) is 14.4 Å². The number of aromatic nitrogens is 2. The molecule has 0 spiro atoms. The second-order valence-electron chi connectivity index (χ2n) is 4.13. The summed E-state index contributed by atoms with van der Waals surface area (Å²) < 4.78 is 13.2. The summed E-state index contributed by atoms with van der Waals surface area (Å²) in [5.41, 5.74) is 1.50. The Kier molecular flexibility index (Phi) is 3.76. The normalized spacial score (nSPS) is 10.3. The highest BCUT2D eigenvalue weighted by Gasteiger charge is 2.10. The number of benzene rings is 1. The van der Waals surface area contributed by atoms with Crippen LogP contribution in [0.4, 0.5) is 10.3 Å². The third-order valence-electron chi connectivity index (χ3n) is 2.35. The van der Waals surface area contributed by atoms with Crippen LogP contribution in [-0.2, 0) is 0 Å². The molecule has 1 N–H and O–H groups in total. The third kappa shape index (κ3) is 3.48. The van der Waals surface area contributed by atoms with Gasteiger partial charge in [-0.3, -0.25) is 10.1 Å². The fourth-order valence-electron chi connectivity index (χ4n) is 1.63. The number of nitrogens with one attached hydrogen (secondary N) is 1. The van der Waals surface area contributed by atoms with Gasteiger partial charge in [0.2, 0.25) is 5.95 Å². The van der Waals surface area contributed by atoms with Crippen molar-refractivity contribution in [2.45, 2.75) is 13.8 Å². The quantitative estimate of drug-likeness (QED) is 0.859. The molecule has 0 atom stereocenters. The molecule has 4 nitrogen and oxygen atoms in total. The number of nitrogens with zero attached hydrogens (tertiary/aromatic N) is 2. The van der Waals surface area contributed by atoms with E-state index >= 15 is 0 Å². The van der Waals surface area contributed by atoms with Crippen LogP contribution in [0.5, 0.6) is 0 Å². The minimum atomic E-state index is -0.482. The fraction of sp³-hybridized carbons (Fsp3) is 0.154. The summed E-state index contributed by atoms with van der Waals surface area (Å²) in [5, 5.41) is 2.72. The van der Waals surface area contributed by atoms with Crippen molar-refractivity contribution in [2.75, 3.05) is 5.32 Å². The van der Waals surface area contributed by atoms with Gasteiger partial charge >= 0.3 is 0 Å². The highest BCUT2D eigenvalue weighted by Crippen LogP contribution is 2.13. The zero-order valence-corrected chi connectivity index (χ0v) is 11.1. The van der Waals surface area contributed by atoms with Gasteiger partial charge in [0, 0.05) is 11.3 Å². The third-order valence-corrected chi connectivity index (χ3v) is 2.55. The van der Waals surface area contributed by atoms with E-state index in [9.17, 15) is 9.18 Å². The summed E-state index contributed by atoms with van der Waals surface area (Å²) in [6.07, 6.45) is 0. The second kappa shape index (κ2) is 5.32. The van der Waals surface area contributed by atoms with Gasteiger partial charge in [-0.15, -0.1) is 0 Å². The van der Waals surface area contributed by atoms with Crippen LogP contribution in [0.15, 0.2) is 24.3 Å². The van der Waals surface area contributed by atoms with E-state index in [1.165, 1.54) is 6.07 Å². The summed E-state index contributed by atoms with van der Waals surface area (Å²) in [4.78, 5) is 19.8. The SMILES string of the molecule is Cc1cc(F)cc(C(=O)Nc2nc(C)cc(Cl)n2)c1. The molecule has 0 saturated heterocycles. The summed E-state index contributed by atoms with van der Waals surface area (Å²) in [5.74, 6) is -0.852. The Balaban J connectivity index is 2.25. The van der Waals surface area contributed by atoms with Crippen molar-refractivity contribution in [3.8, 4) is 0 Å². The molecule has 19 heavy (non-hydrogen) atoms. The maximum absolute atomic E-state index is 13.2. The number of aryl methyl sites for hydroxylation is 2. The van der Waals surface area contributed by atoms with E-state index in [0.29, 0.717) is 11.3 Å². The summed E-state index contributed by atoms with van der Waals surface area (Å²) in [6, 6.07) is 5.65. The second-order valence-corrected chi connectivity index (χ2v) is 4.51. The lowest BCUT2D eigenvalue weighted by atomic mass is 10.1. The lowest BCUT2D eigenvalue weighted by Crippen LogP contribution is -2.15. The smallest absolute Gasteiger partial charge is 0.258 e. The van der Waals surface area contributed by atoms with Crippen LogP contribution in [0.2, 0.25) is 5.15 Å². The van der Waals surface area contributed by atoms with Crippen molar-refractivity contribution >= 4 is 23.5 Å². The first-order valence-corrected chi connectivity index (χ1v) is 5.91. The number of carbonyl (C=O) groups excluding carboxylic acids is 1. The van der Waals surface area contributed by atoms with Crippen LogP contribution < -0.4 is 5.32 Å². The summed E-state index contributed by atoms with van der Waals surface area (Å²) in [6.45, 7) is 3.44. The first-order valence-electron chi connectivity index (χ1n) is 5.54. The molecular weight excluding hydrogens is 269 g/mol. The molecule has 1 aromatic carbocycles. The number of hydrogen-bond donors (Lipinski definition) is 1. The van der Waals surface area contributed by atoms with E-state index in [2.05, 4.69) is 15.3 Å². The van der Waals surface area contributed by atoms with E-state index in [4.69, 9.17) is 11.6 Å². The molecule has 0 aliphatic heterocycles. The number of amides is 1. The van der Waals surface area contributed by atoms with E-state index in [1.54, 1.807) is 26.0 Å². The Morgan fingerprint density at radius 1 is 1.21 bits per heavy atom. The van der Waals surface area contributed by atoms with Crippen LogP contribution in [0.25, 0.3) is 0 Å². The van der Waals surface area contributed by atoms with Crippen molar-refractivity contribution in [1.29, 1.82) is 0 Å². The highest BCUT2D eigenvalue weighted by atomic mass is 35.5. The largest absolute Gasteiger partial charge is 0.290 e. The fourth-order valence-corrected chi connectivity index (χ4v) is 1.87. The highest BCUT2D eigenvalue weighted by molar-refractivity contribution is 6.29. The molecule has 2 rings (SSSR count). The molecule has 98 valence electrons. The van der Waals surface area contributed by atoms with Crippen LogP contribution >= 0.6 is 11.6 Å². The summed E-state index contributed by atoms with van der Waals surface area (Å²) in [7, 11) is 0. The van der Waals surface area contributed by atoms with Crippen LogP contribution in [-0.4, -0.2) is 15.9 Å². The van der Waals surface area contributed by atoms with Crippen molar-refractivity contribution in [1.82, 2.24) is 9.97 Å². The van der Waals surface area contributed by atoms with Crippen LogP contribution in [0.3, 0.4) is 0 Å². The monoisotopic (exact) mass is 279 g/mol. The van der Waals surface area contributed by atoms with E-state index in [-0.39, 0.29) is 16.7 Å². The standard InChI is InChI=1S/C13H11ClFN3O/c1-7-3-9(6-10(15)4-7)12(19)18-13-16-8(2)5-11(14)17-13/h3-6H,1-2H3,(H,16,17,18,19). The number of hydrogen-bond acceptors (Lipinski definition) is 3. The van der Waals surface area contributed by atoms with Gasteiger partial charge in [0.15, 0.2) is 0 Å². The summed E-state index contributed by atoms with van der Waals surface area (Å²) >= 11 is 5.77. The van der Waals surface area contributed by atoms with Crippen molar-refractivity contribution in [3.05, 3.63) is 52.1 Å². The predicted molar refractivity (Wildman–Crippen MR) is 70.9 cm³/mol. The molecule has 0 bridgehead atoms. The average Bonchev–Trinajstić information content (AvgIpc) is 2.25. The van der Waals surface area contributed by atoms with Crippen molar-refractivity contribution < 1.29 is 9.18 Å². The Morgan fingerprint density at radius 3 is 2.58 bits per heavy atom. The maximum atomic E-state index is 13.2. The predicted octanol–water partition coefficient (Wildman–Crippen LogP) is 3.14. The molecule has 0 aliphatic carbocycles. The Morgan fingerprint density at radius 2 is 1.95 bits per heavy atom. The first-order chi connectivity index (χ1) is 8.94. The van der Waals surface area contributed by atoms with Gasteiger partial charge in [0.05, 0.1) is 0 Å². The minimum absolute atomic E-state index is 0.0944. The maximum Gasteiger partial charge on any atom is 0.258 e.